The Bertz CT molecular complexity index is 2860. The second-order valence-corrected chi connectivity index (χ2v) is 13.1. The summed E-state index contributed by atoms with van der Waals surface area (Å²) in [6.07, 6.45) is 0. The van der Waals surface area contributed by atoms with Gasteiger partial charge in [-0.2, -0.15) is 0 Å². The highest BCUT2D eigenvalue weighted by atomic mass is 16.4. The fraction of sp³-hybridized carbons (Fsp3) is 0. The second-order valence-electron chi connectivity index (χ2n) is 13.1. The fourth-order valence-corrected chi connectivity index (χ4v) is 7.45. The minimum Gasteiger partial charge on any atom is -0.456 e. The Morgan fingerprint density at radius 3 is 1.57 bits per heavy atom. The van der Waals surface area contributed by atoms with Gasteiger partial charge >= 0.3 is 0 Å². The summed E-state index contributed by atoms with van der Waals surface area (Å²) in [5, 5.41) is 2.06. The largest absolute Gasteiger partial charge is 0.456 e. The van der Waals surface area contributed by atoms with E-state index >= 15 is 0 Å². The maximum Gasteiger partial charge on any atom is 0.227 e. The van der Waals surface area contributed by atoms with Crippen LogP contribution in [0.15, 0.2) is 203 Å². The van der Waals surface area contributed by atoms with Crippen LogP contribution in [0.5, 0.6) is 0 Å². The van der Waals surface area contributed by atoms with Gasteiger partial charge in [-0.15, -0.1) is 0 Å². The van der Waals surface area contributed by atoms with Gasteiger partial charge in [0, 0.05) is 45.0 Å². The first kappa shape index (κ1) is 30.6. The monoisotopic (exact) mass is 680 g/mol. The van der Waals surface area contributed by atoms with Gasteiger partial charge in [0.15, 0.2) is 5.58 Å². The fourth-order valence-electron chi connectivity index (χ4n) is 7.45. The van der Waals surface area contributed by atoms with Crippen molar-refractivity contribution < 1.29 is 8.83 Å². The number of fused-ring (bicyclic) bond motifs is 4. The molecular formula is C49H32N2O2. The zero-order chi connectivity index (χ0) is 35.1. The molecule has 2 heterocycles. The van der Waals surface area contributed by atoms with Crippen molar-refractivity contribution in [3.05, 3.63) is 194 Å². The van der Waals surface area contributed by atoms with Gasteiger partial charge in [-0.25, -0.2) is 4.98 Å². The summed E-state index contributed by atoms with van der Waals surface area (Å²) in [5.74, 6) is 0.584. The topological polar surface area (TPSA) is 42.4 Å². The van der Waals surface area contributed by atoms with Gasteiger partial charge in [-0.1, -0.05) is 133 Å². The van der Waals surface area contributed by atoms with Crippen molar-refractivity contribution in [3.8, 4) is 44.8 Å². The minimum absolute atomic E-state index is 0.584. The molecule has 0 saturated heterocycles. The highest BCUT2D eigenvalue weighted by Crippen LogP contribution is 2.44. The van der Waals surface area contributed by atoms with Gasteiger partial charge in [0.2, 0.25) is 5.89 Å². The van der Waals surface area contributed by atoms with Crippen molar-refractivity contribution in [2.45, 2.75) is 0 Å². The smallest absolute Gasteiger partial charge is 0.227 e. The van der Waals surface area contributed by atoms with Gasteiger partial charge in [0.05, 0.1) is 0 Å². The van der Waals surface area contributed by atoms with Crippen LogP contribution in [0, 0.1) is 0 Å². The molecule has 4 heteroatoms. The molecule has 0 aliphatic carbocycles. The van der Waals surface area contributed by atoms with Crippen molar-refractivity contribution in [2.75, 3.05) is 4.90 Å². The number of hydrogen-bond acceptors (Lipinski definition) is 4. The van der Waals surface area contributed by atoms with E-state index in [1.54, 1.807) is 0 Å². The first-order chi connectivity index (χ1) is 26.3. The maximum atomic E-state index is 6.60. The van der Waals surface area contributed by atoms with Crippen molar-refractivity contribution in [1.29, 1.82) is 0 Å². The second kappa shape index (κ2) is 12.9. The summed E-state index contributed by atoms with van der Waals surface area (Å²) in [6.45, 7) is 0. The van der Waals surface area contributed by atoms with Crippen LogP contribution in [0.2, 0.25) is 0 Å². The van der Waals surface area contributed by atoms with Crippen LogP contribution in [0.3, 0.4) is 0 Å². The molecule has 10 aromatic rings. The normalized spacial score (nSPS) is 11.4. The zero-order valence-electron chi connectivity index (χ0n) is 28.7. The molecule has 0 aliphatic heterocycles. The SMILES string of the molecule is c1ccc(-c2nc3cc4oc5ccccc5c4c(-c4ccc(N(c5ccccc5)c5ccc(-c6ccccc6-c6ccccc6)cc5)cc4)c3o2)cc1. The summed E-state index contributed by atoms with van der Waals surface area (Å²) < 4.78 is 13.0. The summed E-state index contributed by atoms with van der Waals surface area (Å²) in [6, 6.07) is 67.4. The van der Waals surface area contributed by atoms with Crippen LogP contribution >= 0.6 is 0 Å². The molecule has 0 unspecified atom stereocenters. The highest BCUT2D eigenvalue weighted by Gasteiger charge is 2.22. The van der Waals surface area contributed by atoms with Crippen molar-refractivity contribution in [2.24, 2.45) is 0 Å². The third-order valence-corrected chi connectivity index (χ3v) is 9.92. The lowest BCUT2D eigenvalue weighted by Crippen LogP contribution is -2.09. The van der Waals surface area contributed by atoms with E-state index in [0.717, 1.165) is 66.8 Å². The average Bonchev–Trinajstić information content (AvgIpc) is 3.83. The van der Waals surface area contributed by atoms with E-state index in [4.69, 9.17) is 13.8 Å². The maximum absolute atomic E-state index is 6.60. The molecule has 0 bridgehead atoms. The molecule has 10 rings (SSSR count). The number of para-hydroxylation sites is 2. The van der Waals surface area contributed by atoms with E-state index in [0.29, 0.717) is 5.89 Å². The Balaban J connectivity index is 1.09. The van der Waals surface area contributed by atoms with E-state index in [1.165, 1.54) is 22.3 Å². The summed E-state index contributed by atoms with van der Waals surface area (Å²) in [7, 11) is 0. The Hall–Kier alpha value is -7.17. The number of hydrogen-bond donors (Lipinski definition) is 0. The van der Waals surface area contributed by atoms with Crippen LogP contribution in [-0.2, 0) is 0 Å². The quantitative estimate of drug-likeness (QED) is 0.168. The predicted molar refractivity (Wildman–Crippen MR) is 218 cm³/mol. The zero-order valence-corrected chi connectivity index (χ0v) is 28.7. The molecule has 0 radical (unpaired) electrons. The van der Waals surface area contributed by atoms with Gasteiger partial charge in [-0.05, 0) is 82.4 Å². The molecule has 4 nitrogen and oxygen atoms in total. The Morgan fingerprint density at radius 2 is 0.906 bits per heavy atom. The van der Waals surface area contributed by atoms with E-state index in [1.807, 2.05) is 54.6 Å². The summed E-state index contributed by atoms with van der Waals surface area (Å²) in [4.78, 5) is 7.22. The molecule has 53 heavy (non-hydrogen) atoms. The minimum atomic E-state index is 0.584. The Labute approximate surface area is 306 Å². The lowest BCUT2D eigenvalue weighted by atomic mass is 9.94. The van der Waals surface area contributed by atoms with E-state index in [9.17, 15) is 0 Å². The van der Waals surface area contributed by atoms with E-state index < -0.39 is 0 Å². The number of aromatic nitrogens is 1. The van der Waals surface area contributed by atoms with Gasteiger partial charge < -0.3 is 13.7 Å². The standard InChI is InChI=1S/C49H32N2O2/c1-4-14-33(15-5-1)40-20-10-11-21-41(40)34-24-28-38(29-25-34)51(37-18-8-3-9-19-37)39-30-26-35(27-31-39)46-47-42-22-12-13-23-44(42)52-45(47)32-43-48(46)53-49(50-43)36-16-6-2-7-17-36/h1-32H. The number of benzene rings is 8. The molecule has 0 saturated carbocycles. The number of oxazole rings is 1. The molecule has 0 atom stereocenters. The molecule has 0 spiro atoms. The number of rotatable bonds is 7. The molecule has 0 N–H and O–H groups in total. The van der Waals surface area contributed by atoms with Crippen LogP contribution in [0.25, 0.3) is 77.9 Å². The van der Waals surface area contributed by atoms with Gasteiger partial charge in [-0.3, -0.25) is 0 Å². The Morgan fingerprint density at radius 1 is 0.396 bits per heavy atom. The number of anilines is 3. The molecular weight excluding hydrogens is 649 g/mol. The van der Waals surface area contributed by atoms with Crippen LogP contribution in [0.4, 0.5) is 17.1 Å². The third-order valence-electron chi connectivity index (χ3n) is 9.92. The van der Waals surface area contributed by atoms with Crippen LogP contribution in [0.1, 0.15) is 0 Å². The molecule has 8 aromatic carbocycles. The van der Waals surface area contributed by atoms with E-state index in [2.05, 4.69) is 144 Å². The lowest BCUT2D eigenvalue weighted by Gasteiger charge is -2.26. The van der Waals surface area contributed by atoms with Crippen molar-refractivity contribution in [1.82, 2.24) is 4.98 Å². The summed E-state index contributed by atoms with van der Waals surface area (Å²) >= 11 is 0. The van der Waals surface area contributed by atoms with Crippen LogP contribution < -0.4 is 4.90 Å². The molecule has 0 fully saturated rings. The highest BCUT2D eigenvalue weighted by molar-refractivity contribution is 6.19. The number of furan rings is 1. The Kier molecular flexibility index (Phi) is 7.43. The lowest BCUT2D eigenvalue weighted by molar-refractivity contribution is 0.621. The molecule has 2 aromatic heterocycles. The first-order valence-corrected chi connectivity index (χ1v) is 17.8. The molecule has 0 amide bonds. The van der Waals surface area contributed by atoms with Crippen molar-refractivity contribution >= 4 is 50.1 Å². The predicted octanol–water partition coefficient (Wildman–Crippen LogP) is 13.9. The van der Waals surface area contributed by atoms with Gasteiger partial charge in [0.1, 0.15) is 16.7 Å². The van der Waals surface area contributed by atoms with Crippen molar-refractivity contribution in [3.63, 3.8) is 0 Å². The molecule has 250 valence electrons. The van der Waals surface area contributed by atoms with E-state index in [-0.39, 0.29) is 0 Å². The van der Waals surface area contributed by atoms with Crippen LogP contribution in [-0.4, -0.2) is 4.98 Å². The third kappa shape index (κ3) is 5.45. The van der Waals surface area contributed by atoms with Gasteiger partial charge in [0.25, 0.3) is 0 Å². The first-order valence-electron chi connectivity index (χ1n) is 17.8. The molecule has 0 aliphatic rings. The average molecular weight is 681 g/mol. The summed E-state index contributed by atoms with van der Waals surface area (Å²) in [5.41, 5.74) is 14.0. The number of nitrogens with zero attached hydrogens (tertiary/aromatic N) is 2.